The first-order valence-corrected chi connectivity index (χ1v) is 11.5. The molecule has 7 nitrogen and oxygen atoms in total. The third-order valence-electron chi connectivity index (χ3n) is 5.88. The molecule has 3 amide bonds. The summed E-state index contributed by atoms with van der Waals surface area (Å²) in [7, 11) is 0. The molecule has 0 aliphatic carbocycles. The van der Waals surface area contributed by atoms with Crippen molar-refractivity contribution >= 4 is 39.2 Å². The first kappa shape index (κ1) is 19.0. The Morgan fingerprint density at radius 3 is 2.66 bits per heavy atom. The second-order valence-corrected chi connectivity index (χ2v) is 9.70. The SMILES string of the molecule is O=C(c1nccs1)N1CC[C@H](NC2CN(C(=O)N3Cc4ccc(Br)cc4C3)C2)C1. The molecule has 9 heteroatoms. The molecule has 2 saturated heterocycles. The van der Waals surface area contributed by atoms with E-state index < -0.39 is 0 Å². The number of amides is 3. The minimum atomic E-state index is 0.0231. The molecule has 0 saturated carbocycles. The summed E-state index contributed by atoms with van der Waals surface area (Å²) < 4.78 is 1.05. The highest BCUT2D eigenvalue weighted by atomic mass is 79.9. The summed E-state index contributed by atoms with van der Waals surface area (Å²) in [5, 5.41) is 6.01. The molecular formula is C20H22BrN5O2S. The number of hydrogen-bond acceptors (Lipinski definition) is 5. The summed E-state index contributed by atoms with van der Waals surface area (Å²) in [6.45, 7) is 4.29. The van der Waals surface area contributed by atoms with Gasteiger partial charge in [-0.2, -0.15) is 0 Å². The van der Waals surface area contributed by atoms with Crippen LogP contribution in [-0.2, 0) is 13.1 Å². The number of carbonyl (C=O) groups excluding carboxylic acids is 2. The van der Waals surface area contributed by atoms with E-state index in [9.17, 15) is 9.59 Å². The fraction of sp³-hybridized carbons (Fsp3) is 0.450. The van der Waals surface area contributed by atoms with Crippen LogP contribution in [0.3, 0.4) is 0 Å². The van der Waals surface area contributed by atoms with E-state index in [1.54, 1.807) is 6.20 Å². The number of hydrogen-bond donors (Lipinski definition) is 1. The lowest BCUT2D eigenvalue weighted by Crippen LogP contribution is -2.63. The molecule has 29 heavy (non-hydrogen) atoms. The topological polar surface area (TPSA) is 68.8 Å². The smallest absolute Gasteiger partial charge is 0.320 e. The molecule has 5 rings (SSSR count). The summed E-state index contributed by atoms with van der Waals surface area (Å²) in [5.41, 5.74) is 2.45. The maximum atomic E-state index is 12.8. The van der Waals surface area contributed by atoms with Crippen LogP contribution >= 0.6 is 27.3 Å². The number of benzene rings is 1. The zero-order valence-corrected chi connectivity index (χ0v) is 18.3. The molecule has 3 aliphatic heterocycles. The Balaban J connectivity index is 1.08. The van der Waals surface area contributed by atoms with Gasteiger partial charge in [-0.15, -0.1) is 11.3 Å². The molecule has 0 unspecified atom stereocenters. The van der Waals surface area contributed by atoms with Crippen molar-refractivity contribution in [2.24, 2.45) is 0 Å². The van der Waals surface area contributed by atoms with Crippen molar-refractivity contribution in [2.75, 3.05) is 26.2 Å². The van der Waals surface area contributed by atoms with Crippen LogP contribution in [0.4, 0.5) is 4.79 Å². The first-order chi connectivity index (χ1) is 14.1. The summed E-state index contributed by atoms with van der Waals surface area (Å²) in [6.07, 6.45) is 2.61. The van der Waals surface area contributed by atoms with E-state index in [2.05, 4.69) is 38.4 Å². The number of nitrogens with zero attached hydrogens (tertiary/aromatic N) is 4. The molecule has 1 atom stereocenters. The second kappa shape index (κ2) is 7.70. The van der Waals surface area contributed by atoms with Gasteiger partial charge in [0.1, 0.15) is 0 Å². The molecule has 4 heterocycles. The van der Waals surface area contributed by atoms with Crippen molar-refractivity contribution in [3.05, 3.63) is 50.4 Å². The van der Waals surface area contributed by atoms with Gasteiger partial charge >= 0.3 is 6.03 Å². The second-order valence-electron chi connectivity index (χ2n) is 7.89. The van der Waals surface area contributed by atoms with Crippen LogP contribution in [0.1, 0.15) is 27.3 Å². The highest BCUT2D eigenvalue weighted by Gasteiger charge is 2.37. The monoisotopic (exact) mass is 475 g/mol. The number of carbonyl (C=O) groups is 2. The summed E-state index contributed by atoms with van der Waals surface area (Å²) in [6, 6.07) is 6.92. The van der Waals surface area contributed by atoms with Crippen molar-refractivity contribution in [3.8, 4) is 0 Å². The molecule has 1 aromatic carbocycles. The van der Waals surface area contributed by atoms with E-state index in [0.717, 1.165) is 30.5 Å². The van der Waals surface area contributed by atoms with E-state index >= 15 is 0 Å². The van der Waals surface area contributed by atoms with Crippen LogP contribution in [0.15, 0.2) is 34.2 Å². The highest BCUT2D eigenvalue weighted by Crippen LogP contribution is 2.28. The van der Waals surface area contributed by atoms with Crippen LogP contribution in [0, 0.1) is 0 Å². The number of fused-ring (bicyclic) bond motifs is 1. The average Bonchev–Trinajstić information content (AvgIpc) is 3.43. The van der Waals surface area contributed by atoms with Gasteiger partial charge in [0.2, 0.25) is 0 Å². The van der Waals surface area contributed by atoms with Crippen molar-refractivity contribution < 1.29 is 9.59 Å². The van der Waals surface area contributed by atoms with Gasteiger partial charge in [0.05, 0.1) is 0 Å². The van der Waals surface area contributed by atoms with E-state index in [0.29, 0.717) is 30.7 Å². The highest BCUT2D eigenvalue weighted by molar-refractivity contribution is 9.10. The van der Waals surface area contributed by atoms with Crippen molar-refractivity contribution in [1.82, 2.24) is 25.0 Å². The van der Waals surface area contributed by atoms with Crippen LogP contribution in [0.25, 0.3) is 0 Å². The molecule has 2 aromatic rings. The summed E-state index contributed by atoms with van der Waals surface area (Å²) in [5.74, 6) is 0.0231. The maximum Gasteiger partial charge on any atom is 0.320 e. The number of likely N-dealkylation sites (tertiary alicyclic amines) is 2. The minimum absolute atomic E-state index is 0.0231. The largest absolute Gasteiger partial charge is 0.335 e. The van der Waals surface area contributed by atoms with Crippen molar-refractivity contribution in [1.29, 1.82) is 0 Å². The van der Waals surface area contributed by atoms with E-state index in [1.807, 2.05) is 26.1 Å². The molecule has 2 fully saturated rings. The average molecular weight is 476 g/mol. The number of nitrogens with one attached hydrogen (secondary N) is 1. The molecule has 0 spiro atoms. The zero-order valence-electron chi connectivity index (χ0n) is 15.9. The van der Waals surface area contributed by atoms with Gasteiger partial charge in [-0.25, -0.2) is 9.78 Å². The predicted molar refractivity (Wildman–Crippen MR) is 114 cm³/mol. The van der Waals surface area contributed by atoms with E-state index in [1.165, 1.54) is 22.5 Å². The molecular weight excluding hydrogens is 454 g/mol. The first-order valence-electron chi connectivity index (χ1n) is 9.83. The molecule has 0 bridgehead atoms. The molecule has 1 N–H and O–H groups in total. The summed E-state index contributed by atoms with van der Waals surface area (Å²) >= 11 is 4.89. The van der Waals surface area contributed by atoms with Crippen molar-refractivity contribution in [2.45, 2.75) is 31.6 Å². The van der Waals surface area contributed by atoms with E-state index in [4.69, 9.17) is 0 Å². The maximum absolute atomic E-state index is 12.8. The Morgan fingerprint density at radius 1 is 1.07 bits per heavy atom. The Bertz CT molecular complexity index is 931. The lowest BCUT2D eigenvalue weighted by molar-refractivity contribution is 0.0782. The van der Waals surface area contributed by atoms with Gasteiger partial charge in [-0.3, -0.25) is 4.79 Å². The fourth-order valence-corrected chi connectivity index (χ4v) is 5.33. The van der Waals surface area contributed by atoms with Gasteiger partial charge in [0, 0.05) is 67.4 Å². The lowest BCUT2D eigenvalue weighted by Gasteiger charge is -2.42. The number of aromatic nitrogens is 1. The Morgan fingerprint density at radius 2 is 1.86 bits per heavy atom. The Labute approximate surface area is 181 Å². The van der Waals surface area contributed by atoms with Crippen LogP contribution < -0.4 is 5.32 Å². The molecule has 1 aromatic heterocycles. The molecule has 3 aliphatic rings. The third-order valence-corrected chi connectivity index (χ3v) is 7.13. The normalized spacial score (nSPS) is 21.4. The Hall–Kier alpha value is -1.97. The molecule has 0 radical (unpaired) electrons. The van der Waals surface area contributed by atoms with Gasteiger partial charge in [0.15, 0.2) is 5.01 Å². The summed E-state index contributed by atoms with van der Waals surface area (Å²) in [4.78, 5) is 35.0. The minimum Gasteiger partial charge on any atom is -0.335 e. The van der Waals surface area contributed by atoms with Gasteiger partial charge < -0.3 is 20.0 Å². The molecule has 152 valence electrons. The van der Waals surface area contributed by atoms with Crippen LogP contribution in [0.5, 0.6) is 0 Å². The fourth-order valence-electron chi connectivity index (χ4n) is 4.32. The zero-order chi connectivity index (χ0) is 20.0. The lowest BCUT2D eigenvalue weighted by atomic mass is 10.1. The number of urea groups is 1. The van der Waals surface area contributed by atoms with Gasteiger partial charge in [0.25, 0.3) is 5.91 Å². The number of halogens is 1. The van der Waals surface area contributed by atoms with Crippen LogP contribution in [0.2, 0.25) is 0 Å². The Kier molecular flexibility index (Phi) is 5.05. The van der Waals surface area contributed by atoms with Gasteiger partial charge in [-0.05, 0) is 29.7 Å². The third kappa shape index (κ3) is 3.78. The van der Waals surface area contributed by atoms with Crippen molar-refractivity contribution in [3.63, 3.8) is 0 Å². The predicted octanol–water partition coefficient (Wildman–Crippen LogP) is 2.53. The van der Waals surface area contributed by atoms with Gasteiger partial charge in [-0.1, -0.05) is 22.0 Å². The number of thiazole rings is 1. The van der Waals surface area contributed by atoms with E-state index in [-0.39, 0.29) is 18.0 Å². The quantitative estimate of drug-likeness (QED) is 0.740. The number of rotatable bonds is 3. The van der Waals surface area contributed by atoms with Crippen LogP contribution in [-0.4, -0.2) is 69.9 Å². The standard InChI is InChI=1S/C20H22BrN5O2S/c21-15-2-1-13-8-25(9-14(13)7-15)20(28)26-11-17(12-26)23-16-3-5-24(10-16)19(27)18-22-4-6-29-18/h1-2,4,6-7,16-17,23H,3,5,8-12H2/t16-/m0/s1.